The number of rotatable bonds is 6. The number of hydrogen-bond acceptors (Lipinski definition) is 6. The minimum atomic E-state index is -2.51. The van der Waals surface area contributed by atoms with Gasteiger partial charge in [-0.3, -0.25) is 9.48 Å². The number of anilines is 3. The molecule has 0 aliphatic carbocycles. The molecule has 0 fully saturated rings. The maximum Gasteiger partial charge on any atom is 0.267 e. The Hall–Kier alpha value is -2.53. The van der Waals surface area contributed by atoms with Crippen molar-refractivity contribution in [3.05, 3.63) is 45.0 Å². The molecule has 0 bridgehead atoms. The average Bonchev–Trinajstić information content (AvgIpc) is 3.22. The van der Waals surface area contributed by atoms with Crippen molar-refractivity contribution >= 4 is 49.8 Å². The second-order valence-electron chi connectivity index (χ2n) is 5.95. The average molecular weight is 472 g/mol. The molecule has 3 aromatic rings. The largest absolute Gasteiger partial charge is 0.508 e. The number of amides is 1. The SMILES string of the molecule is Cc1ccc(O)c(C)c1NC(=O)c1cnc(Nc2nn(CC(F)F)cc2Br)s1. The van der Waals surface area contributed by atoms with Crippen LogP contribution in [-0.2, 0) is 6.54 Å². The minimum Gasteiger partial charge on any atom is -0.508 e. The van der Waals surface area contributed by atoms with Gasteiger partial charge >= 0.3 is 0 Å². The van der Waals surface area contributed by atoms with Crippen molar-refractivity contribution in [1.82, 2.24) is 14.8 Å². The summed E-state index contributed by atoms with van der Waals surface area (Å²) >= 11 is 4.34. The molecule has 11 heteroatoms. The van der Waals surface area contributed by atoms with E-state index in [0.717, 1.165) is 21.6 Å². The maximum atomic E-state index is 12.5. The molecule has 0 unspecified atom stereocenters. The van der Waals surface area contributed by atoms with Crippen LogP contribution in [0.3, 0.4) is 0 Å². The van der Waals surface area contributed by atoms with Crippen LogP contribution in [0.15, 0.2) is 29.0 Å². The fourth-order valence-corrected chi connectivity index (χ4v) is 3.58. The highest BCUT2D eigenvalue weighted by Gasteiger charge is 2.16. The molecule has 0 aliphatic rings. The standard InChI is InChI=1S/C17H16BrF2N5O2S/c1-8-3-4-11(26)9(2)14(8)22-16(27)12-5-21-17(28-12)23-15-10(18)6-25(24-15)7-13(19)20/h3-6,13,26H,7H2,1-2H3,(H,22,27)(H,21,23,24). The monoisotopic (exact) mass is 471 g/mol. The Morgan fingerprint density at radius 3 is 2.86 bits per heavy atom. The molecule has 148 valence electrons. The number of phenolic OH excluding ortho intramolecular Hbond substituents is 1. The van der Waals surface area contributed by atoms with Gasteiger partial charge in [-0.15, -0.1) is 0 Å². The van der Waals surface area contributed by atoms with Gasteiger partial charge < -0.3 is 15.7 Å². The highest BCUT2D eigenvalue weighted by molar-refractivity contribution is 9.10. The summed E-state index contributed by atoms with van der Waals surface area (Å²) in [5.41, 5.74) is 1.94. The van der Waals surface area contributed by atoms with Gasteiger partial charge in [0.15, 0.2) is 10.9 Å². The minimum absolute atomic E-state index is 0.0943. The number of benzene rings is 1. The van der Waals surface area contributed by atoms with Crippen molar-refractivity contribution in [1.29, 1.82) is 0 Å². The van der Waals surface area contributed by atoms with Gasteiger partial charge in [-0.2, -0.15) is 5.10 Å². The van der Waals surface area contributed by atoms with Crippen LogP contribution in [0, 0.1) is 13.8 Å². The van der Waals surface area contributed by atoms with E-state index in [0.29, 0.717) is 31.6 Å². The van der Waals surface area contributed by atoms with E-state index in [1.807, 2.05) is 6.92 Å². The second-order valence-corrected chi connectivity index (χ2v) is 7.83. The summed E-state index contributed by atoms with van der Waals surface area (Å²) in [4.78, 5) is 17.0. The number of halogens is 3. The molecule has 7 nitrogen and oxygen atoms in total. The van der Waals surface area contributed by atoms with Crippen LogP contribution in [0.5, 0.6) is 5.75 Å². The quantitative estimate of drug-likeness (QED) is 0.485. The summed E-state index contributed by atoms with van der Waals surface area (Å²) in [5.74, 6) is 0.0445. The first-order valence-electron chi connectivity index (χ1n) is 8.09. The summed E-state index contributed by atoms with van der Waals surface area (Å²) in [6.07, 6.45) is 0.322. The molecule has 0 aliphatic heterocycles. The Morgan fingerprint density at radius 2 is 2.14 bits per heavy atom. The molecular weight excluding hydrogens is 456 g/mol. The first-order chi connectivity index (χ1) is 13.2. The van der Waals surface area contributed by atoms with Crippen molar-refractivity contribution in [3.8, 4) is 5.75 Å². The Labute approximate surface area is 171 Å². The van der Waals surface area contributed by atoms with E-state index in [2.05, 4.69) is 36.6 Å². The number of alkyl halides is 2. The Kier molecular flexibility index (Phi) is 5.94. The number of aryl methyl sites for hydroxylation is 1. The lowest BCUT2D eigenvalue weighted by molar-refractivity contribution is 0.103. The van der Waals surface area contributed by atoms with E-state index in [-0.39, 0.29) is 11.7 Å². The van der Waals surface area contributed by atoms with Crippen LogP contribution in [-0.4, -0.2) is 32.2 Å². The van der Waals surface area contributed by atoms with Gasteiger partial charge in [0.2, 0.25) is 0 Å². The lowest BCUT2D eigenvalue weighted by Gasteiger charge is -2.11. The van der Waals surface area contributed by atoms with Gasteiger partial charge in [0, 0.05) is 11.8 Å². The van der Waals surface area contributed by atoms with Crippen molar-refractivity contribution < 1.29 is 18.7 Å². The number of thiazole rings is 1. The van der Waals surface area contributed by atoms with Crippen LogP contribution >= 0.6 is 27.3 Å². The van der Waals surface area contributed by atoms with Crippen molar-refractivity contribution in [2.45, 2.75) is 26.8 Å². The van der Waals surface area contributed by atoms with Crippen LogP contribution in [0.4, 0.5) is 25.4 Å². The number of carbonyl (C=O) groups excluding carboxylic acids is 1. The lowest BCUT2D eigenvalue weighted by atomic mass is 10.1. The molecular formula is C17H16BrF2N5O2S. The van der Waals surface area contributed by atoms with Crippen LogP contribution in [0.25, 0.3) is 0 Å². The predicted octanol–water partition coefficient (Wildman–Crippen LogP) is 4.69. The molecule has 1 aromatic carbocycles. The van der Waals surface area contributed by atoms with Gasteiger partial charge in [0.1, 0.15) is 17.2 Å². The van der Waals surface area contributed by atoms with Crippen LogP contribution < -0.4 is 10.6 Å². The number of aromatic nitrogens is 3. The first kappa shape index (κ1) is 20.2. The summed E-state index contributed by atoms with van der Waals surface area (Å²) in [6, 6.07) is 3.28. The number of nitrogens with zero attached hydrogens (tertiary/aromatic N) is 3. The van der Waals surface area contributed by atoms with Crippen molar-refractivity contribution in [3.63, 3.8) is 0 Å². The Morgan fingerprint density at radius 1 is 1.39 bits per heavy atom. The van der Waals surface area contributed by atoms with Gasteiger partial charge in [-0.1, -0.05) is 17.4 Å². The summed E-state index contributed by atoms with van der Waals surface area (Å²) in [5, 5.41) is 19.9. The number of phenols is 1. The van der Waals surface area contributed by atoms with Crippen LogP contribution in [0.2, 0.25) is 0 Å². The number of hydrogen-bond donors (Lipinski definition) is 3. The van der Waals surface area contributed by atoms with Gasteiger partial charge in [0.05, 0.1) is 16.4 Å². The smallest absolute Gasteiger partial charge is 0.267 e. The van der Waals surface area contributed by atoms with E-state index >= 15 is 0 Å². The molecule has 0 radical (unpaired) electrons. The molecule has 0 saturated carbocycles. The normalized spacial score (nSPS) is 11.1. The second kappa shape index (κ2) is 8.23. The zero-order valence-electron chi connectivity index (χ0n) is 14.8. The molecule has 0 saturated heterocycles. The molecule has 0 spiro atoms. The van der Waals surface area contributed by atoms with E-state index in [4.69, 9.17) is 0 Å². The lowest BCUT2D eigenvalue weighted by Crippen LogP contribution is -2.12. The Balaban J connectivity index is 1.73. The molecule has 3 N–H and O–H groups in total. The first-order valence-corrected chi connectivity index (χ1v) is 9.70. The van der Waals surface area contributed by atoms with E-state index in [1.165, 1.54) is 12.4 Å². The fraction of sp³-hybridized carbons (Fsp3) is 0.235. The molecule has 2 heterocycles. The molecule has 1 amide bonds. The third-order valence-electron chi connectivity index (χ3n) is 3.88. The van der Waals surface area contributed by atoms with Crippen molar-refractivity contribution in [2.24, 2.45) is 0 Å². The van der Waals surface area contributed by atoms with Crippen LogP contribution in [0.1, 0.15) is 20.8 Å². The van der Waals surface area contributed by atoms with Gasteiger partial charge in [0.25, 0.3) is 12.3 Å². The topological polar surface area (TPSA) is 92.1 Å². The zero-order chi connectivity index (χ0) is 20.4. The van der Waals surface area contributed by atoms with Crippen molar-refractivity contribution in [2.75, 3.05) is 10.6 Å². The number of aromatic hydroxyl groups is 1. The Bertz CT molecular complexity index is 1020. The van der Waals surface area contributed by atoms with Gasteiger partial charge in [-0.25, -0.2) is 13.8 Å². The number of carbonyl (C=O) groups is 1. The third-order valence-corrected chi connectivity index (χ3v) is 5.37. The van der Waals surface area contributed by atoms with E-state index < -0.39 is 13.0 Å². The molecule has 28 heavy (non-hydrogen) atoms. The highest BCUT2D eigenvalue weighted by atomic mass is 79.9. The third kappa shape index (κ3) is 4.47. The zero-order valence-corrected chi connectivity index (χ0v) is 17.2. The predicted molar refractivity (Wildman–Crippen MR) is 107 cm³/mol. The summed E-state index contributed by atoms with van der Waals surface area (Å²) in [6.45, 7) is 3.02. The summed E-state index contributed by atoms with van der Waals surface area (Å²) in [7, 11) is 0. The number of nitrogens with one attached hydrogen (secondary N) is 2. The molecule has 3 rings (SSSR count). The fourth-order valence-electron chi connectivity index (χ4n) is 2.46. The maximum absolute atomic E-state index is 12.5. The molecule has 0 atom stereocenters. The van der Waals surface area contributed by atoms with E-state index in [1.54, 1.807) is 19.1 Å². The molecule has 2 aromatic heterocycles. The van der Waals surface area contributed by atoms with E-state index in [9.17, 15) is 18.7 Å². The highest BCUT2D eigenvalue weighted by Crippen LogP contribution is 2.30. The summed E-state index contributed by atoms with van der Waals surface area (Å²) < 4.78 is 26.6. The van der Waals surface area contributed by atoms with Gasteiger partial charge in [-0.05, 0) is 41.4 Å².